The summed E-state index contributed by atoms with van der Waals surface area (Å²) in [5.74, 6) is 1.49. The summed E-state index contributed by atoms with van der Waals surface area (Å²) in [5.41, 5.74) is 1.05. The number of methoxy groups -OCH3 is 1. The van der Waals surface area contributed by atoms with E-state index in [9.17, 15) is 8.42 Å². The molecule has 0 aliphatic rings. The third-order valence-electron chi connectivity index (χ3n) is 3.52. The molecule has 1 rings (SSSR count). The second-order valence-corrected chi connectivity index (χ2v) is 9.26. The van der Waals surface area contributed by atoms with Gasteiger partial charge in [-0.2, -0.15) is 0 Å². The van der Waals surface area contributed by atoms with Crippen LogP contribution in [0.5, 0.6) is 5.75 Å². The van der Waals surface area contributed by atoms with Gasteiger partial charge < -0.3 is 15.4 Å². The molecule has 0 unspecified atom stereocenters. The molecular weight excluding hydrogens is 326 g/mol. The van der Waals surface area contributed by atoms with Gasteiger partial charge in [0.05, 0.1) is 24.2 Å². The highest BCUT2D eigenvalue weighted by Crippen LogP contribution is 2.15. The average Bonchev–Trinajstić information content (AvgIpc) is 2.52. The summed E-state index contributed by atoms with van der Waals surface area (Å²) in [4.78, 5) is 4.48. The summed E-state index contributed by atoms with van der Waals surface area (Å²) in [6.07, 6.45) is 0. The number of ether oxygens (including phenoxy) is 1. The minimum absolute atomic E-state index is 0.0729. The number of aliphatic imine (C=N–C) groups is 1. The van der Waals surface area contributed by atoms with E-state index in [4.69, 9.17) is 4.74 Å². The molecule has 1 aromatic rings. The topological polar surface area (TPSA) is 79.8 Å². The normalized spacial score (nSPS) is 12.8. The Kier molecular flexibility index (Phi) is 7.54. The highest BCUT2D eigenvalue weighted by molar-refractivity contribution is 7.92. The molecule has 7 heteroatoms. The van der Waals surface area contributed by atoms with Crippen LogP contribution in [0.25, 0.3) is 0 Å². The maximum Gasteiger partial charge on any atom is 0.191 e. The number of rotatable bonds is 7. The molecule has 0 heterocycles. The van der Waals surface area contributed by atoms with Crippen LogP contribution in [0.15, 0.2) is 29.3 Å². The van der Waals surface area contributed by atoms with Crippen molar-refractivity contribution in [1.82, 2.24) is 10.6 Å². The lowest BCUT2D eigenvalue weighted by molar-refractivity contribution is 0.414. The van der Waals surface area contributed by atoms with Gasteiger partial charge in [0.1, 0.15) is 5.75 Å². The highest BCUT2D eigenvalue weighted by atomic mass is 32.2. The molecule has 0 amide bonds. The van der Waals surface area contributed by atoms with Crippen molar-refractivity contribution in [1.29, 1.82) is 0 Å². The van der Waals surface area contributed by atoms with Crippen molar-refractivity contribution in [2.75, 3.05) is 26.0 Å². The first kappa shape index (κ1) is 20.3. The fraction of sp³-hybridized carbons (Fsp3) is 0.588. The van der Waals surface area contributed by atoms with E-state index >= 15 is 0 Å². The monoisotopic (exact) mass is 355 g/mol. The Morgan fingerprint density at radius 2 is 1.79 bits per heavy atom. The number of sulfone groups is 1. The molecule has 2 N–H and O–H groups in total. The molecule has 0 radical (unpaired) electrons. The fourth-order valence-corrected chi connectivity index (χ4v) is 2.84. The molecule has 6 nitrogen and oxygen atoms in total. The summed E-state index contributed by atoms with van der Waals surface area (Å²) in [6.45, 7) is 8.65. The smallest absolute Gasteiger partial charge is 0.191 e. The summed E-state index contributed by atoms with van der Waals surface area (Å²) < 4.78 is 28.6. The Morgan fingerprint density at radius 3 is 2.29 bits per heavy atom. The SMILES string of the molecule is CCNC(=NCc1ccc(OC)cc1)NCCS(=O)(=O)C(C)(C)C. The first-order valence-electron chi connectivity index (χ1n) is 8.07. The number of guanidine groups is 1. The van der Waals surface area contributed by atoms with Crippen LogP contribution in [0.2, 0.25) is 0 Å². The van der Waals surface area contributed by atoms with E-state index in [1.807, 2.05) is 31.2 Å². The Balaban J connectivity index is 2.62. The molecule has 0 aromatic heterocycles. The molecule has 0 saturated carbocycles. The standard InChI is InChI=1S/C17H29N3O3S/c1-6-18-16(19-11-12-24(21,22)17(2,3)4)20-13-14-7-9-15(23-5)10-8-14/h7-10H,6,11-13H2,1-5H3,(H2,18,19,20). The average molecular weight is 356 g/mol. The second kappa shape index (κ2) is 8.92. The zero-order valence-corrected chi connectivity index (χ0v) is 16.0. The minimum Gasteiger partial charge on any atom is -0.497 e. The molecule has 0 fully saturated rings. The lowest BCUT2D eigenvalue weighted by atomic mass is 10.2. The second-order valence-electron chi connectivity index (χ2n) is 6.40. The van der Waals surface area contributed by atoms with Crippen molar-refractivity contribution in [2.45, 2.75) is 39.0 Å². The number of hydrogen-bond acceptors (Lipinski definition) is 4. The highest BCUT2D eigenvalue weighted by Gasteiger charge is 2.28. The molecule has 0 spiro atoms. The Labute approximate surface area is 145 Å². The van der Waals surface area contributed by atoms with Crippen molar-refractivity contribution in [2.24, 2.45) is 4.99 Å². The number of benzene rings is 1. The third kappa shape index (κ3) is 6.39. The van der Waals surface area contributed by atoms with E-state index in [1.54, 1.807) is 27.9 Å². The Bertz CT molecular complexity index is 632. The number of nitrogens with one attached hydrogen (secondary N) is 2. The van der Waals surface area contributed by atoms with Gasteiger partial charge in [0.25, 0.3) is 0 Å². The Morgan fingerprint density at radius 1 is 1.17 bits per heavy atom. The van der Waals surface area contributed by atoms with E-state index in [1.165, 1.54) is 0 Å². The molecule has 24 heavy (non-hydrogen) atoms. The maximum atomic E-state index is 12.1. The number of hydrogen-bond donors (Lipinski definition) is 2. The molecule has 0 bridgehead atoms. The van der Waals surface area contributed by atoms with Crippen LogP contribution in [-0.4, -0.2) is 45.1 Å². The predicted octanol–water partition coefficient (Wildman–Crippen LogP) is 1.96. The Hall–Kier alpha value is -1.76. The minimum atomic E-state index is -3.14. The molecule has 136 valence electrons. The van der Waals surface area contributed by atoms with E-state index < -0.39 is 14.6 Å². The summed E-state index contributed by atoms with van der Waals surface area (Å²) in [6, 6.07) is 7.69. The lowest BCUT2D eigenvalue weighted by Crippen LogP contribution is -2.41. The van der Waals surface area contributed by atoms with Crippen molar-refractivity contribution >= 4 is 15.8 Å². The van der Waals surface area contributed by atoms with E-state index in [2.05, 4.69) is 15.6 Å². The van der Waals surface area contributed by atoms with Gasteiger partial charge >= 0.3 is 0 Å². The van der Waals surface area contributed by atoms with Crippen LogP contribution in [0.3, 0.4) is 0 Å². The third-order valence-corrected chi connectivity index (χ3v) is 6.13. The fourth-order valence-electron chi connectivity index (χ4n) is 1.85. The first-order chi connectivity index (χ1) is 11.2. The van der Waals surface area contributed by atoms with Crippen LogP contribution in [0.4, 0.5) is 0 Å². The lowest BCUT2D eigenvalue weighted by Gasteiger charge is -2.19. The van der Waals surface area contributed by atoms with Crippen molar-refractivity contribution in [3.05, 3.63) is 29.8 Å². The van der Waals surface area contributed by atoms with Gasteiger partial charge in [0.15, 0.2) is 15.8 Å². The van der Waals surface area contributed by atoms with Gasteiger partial charge in [0, 0.05) is 13.1 Å². The first-order valence-corrected chi connectivity index (χ1v) is 9.72. The zero-order valence-electron chi connectivity index (χ0n) is 15.2. The maximum absolute atomic E-state index is 12.1. The quantitative estimate of drug-likeness (QED) is 0.577. The van der Waals surface area contributed by atoms with E-state index in [-0.39, 0.29) is 5.75 Å². The summed E-state index contributed by atoms with van der Waals surface area (Å²) in [7, 11) is -1.51. The van der Waals surface area contributed by atoms with Gasteiger partial charge in [-0.3, -0.25) is 0 Å². The van der Waals surface area contributed by atoms with Gasteiger partial charge in [-0.15, -0.1) is 0 Å². The van der Waals surface area contributed by atoms with Crippen LogP contribution < -0.4 is 15.4 Å². The van der Waals surface area contributed by atoms with Crippen molar-refractivity contribution in [3.63, 3.8) is 0 Å². The van der Waals surface area contributed by atoms with Crippen LogP contribution in [0.1, 0.15) is 33.3 Å². The van der Waals surface area contributed by atoms with E-state index in [0.29, 0.717) is 25.6 Å². The predicted molar refractivity (Wildman–Crippen MR) is 99.4 cm³/mol. The van der Waals surface area contributed by atoms with Crippen molar-refractivity contribution in [3.8, 4) is 5.75 Å². The molecule has 0 aliphatic heterocycles. The molecule has 0 aliphatic carbocycles. The van der Waals surface area contributed by atoms with Crippen LogP contribution >= 0.6 is 0 Å². The summed E-state index contributed by atoms with van der Waals surface area (Å²) >= 11 is 0. The molecule has 0 atom stereocenters. The van der Waals surface area contributed by atoms with Gasteiger partial charge in [0.2, 0.25) is 0 Å². The zero-order chi connectivity index (χ0) is 18.2. The van der Waals surface area contributed by atoms with Gasteiger partial charge in [-0.1, -0.05) is 12.1 Å². The van der Waals surface area contributed by atoms with Crippen LogP contribution in [-0.2, 0) is 16.4 Å². The largest absolute Gasteiger partial charge is 0.497 e. The number of nitrogens with zero attached hydrogens (tertiary/aromatic N) is 1. The van der Waals surface area contributed by atoms with E-state index in [0.717, 1.165) is 11.3 Å². The molecular formula is C17H29N3O3S. The van der Waals surface area contributed by atoms with Crippen molar-refractivity contribution < 1.29 is 13.2 Å². The molecule has 1 aromatic carbocycles. The summed E-state index contributed by atoms with van der Waals surface area (Å²) in [5, 5.41) is 6.20. The van der Waals surface area contributed by atoms with Crippen LogP contribution in [0, 0.1) is 0 Å². The van der Waals surface area contributed by atoms with Gasteiger partial charge in [-0.05, 0) is 45.4 Å². The molecule has 0 saturated heterocycles. The van der Waals surface area contributed by atoms with Gasteiger partial charge in [-0.25, -0.2) is 13.4 Å².